The number of nitrogens with one attached hydrogen (secondary N) is 1. The summed E-state index contributed by atoms with van der Waals surface area (Å²) >= 11 is 0. The predicted octanol–water partition coefficient (Wildman–Crippen LogP) is 1.89. The average Bonchev–Trinajstić information content (AvgIpc) is 2.33. The number of rotatable bonds is 7. The summed E-state index contributed by atoms with van der Waals surface area (Å²) in [4.78, 5) is 10.2. The predicted molar refractivity (Wildman–Crippen MR) is 67.6 cm³/mol. The van der Waals surface area contributed by atoms with Gasteiger partial charge in [0, 0.05) is 6.07 Å². The fourth-order valence-corrected chi connectivity index (χ4v) is 2.87. The zero-order chi connectivity index (χ0) is 15.3. The van der Waals surface area contributed by atoms with Gasteiger partial charge in [-0.2, -0.15) is 4.72 Å². The zero-order valence-electron chi connectivity index (χ0n) is 10.8. The molecule has 0 fully saturated rings. The molecule has 20 heavy (non-hydrogen) atoms. The molecule has 5 nitrogen and oxygen atoms in total. The van der Waals surface area contributed by atoms with Crippen LogP contribution in [0.4, 0.5) is 8.78 Å². The first-order chi connectivity index (χ1) is 9.27. The Morgan fingerprint density at radius 2 is 2.05 bits per heavy atom. The third-order valence-corrected chi connectivity index (χ3v) is 4.13. The molecule has 0 saturated carbocycles. The topological polar surface area (TPSA) is 83.5 Å². The molecular weight excluding hydrogens is 292 g/mol. The van der Waals surface area contributed by atoms with Gasteiger partial charge in [0.05, 0.1) is 0 Å². The highest BCUT2D eigenvalue weighted by Crippen LogP contribution is 2.16. The van der Waals surface area contributed by atoms with Crippen LogP contribution in [0.5, 0.6) is 0 Å². The molecule has 0 amide bonds. The van der Waals surface area contributed by atoms with Gasteiger partial charge < -0.3 is 5.11 Å². The Hall–Kier alpha value is -1.54. The summed E-state index contributed by atoms with van der Waals surface area (Å²) in [6.45, 7) is 1.83. The van der Waals surface area contributed by atoms with Crippen molar-refractivity contribution in [3.63, 3.8) is 0 Å². The molecule has 1 atom stereocenters. The van der Waals surface area contributed by atoms with Crippen LogP contribution in [-0.4, -0.2) is 25.5 Å². The molecule has 2 N–H and O–H groups in total. The molecule has 0 unspecified atom stereocenters. The summed E-state index contributed by atoms with van der Waals surface area (Å²) in [7, 11) is -4.35. The van der Waals surface area contributed by atoms with Crippen LogP contribution in [0.3, 0.4) is 0 Å². The quantitative estimate of drug-likeness (QED) is 0.805. The van der Waals surface area contributed by atoms with Crippen LogP contribution in [0.15, 0.2) is 23.1 Å². The SMILES string of the molecule is CCCC[C@H](NS(=O)(=O)c1ccc(F)cc1F)C(=O)O. The average molecular weight is 307 g/mol. The maximum atomic E-state index is 13.4. The summed E-state index contributed by atoms with van der Waals surface area (Å²) in [6.07, 6.45) is 1.29. The molecule has 112 valence electrons. The van der Waals surface area contributed by atoms with Crippen molar-refractivity contribution in [3.05, 3.63) is 29.8 Å². The largest absolute Gasteiger partial charge is 0.480 e. The first-order valence-corrected chi connectivity index (χ1v) is 7.46. The van der Waals surface area contributed by atoms with Crippen LogP contribution in [-0.2, 0) is 14.8 Å². The lowest BCUT2D eigenvalue weighted by molar-refractivity contribution is -0.139. The van der Waals surface area contributed by atoms with Crippen molar-refractivity contribution in [2.45, 2.75) is 37.1 Å². The molecule has 0 spiro atoms. The second kappa shape index (κ2) is 6.76. The van der Waals surface area contributed by atoms with Crippen molar-refractivity contribution in [3.8, 4) is 0 Å². The van der Waals surface area contributed by atoms with Crippen LogP contribution in [0.2, 0.25) is 0 Å². The van der Waals surface area contributed by atoms with E-state index in [0.717, 1.165) is 12.1 Å². The lowest BCUT2D eigenvalue weighted by atomic mass is 10.1. The van der Waals surface area contributed by atoms with Gasteiger partial charge in [0.2, 0.25) is 10.0 Å². The monoisotopic (exact) mass is 307 g/mol. The first kappa shape index (κ1) is 16.5. The van der Waals surface area contributed by atoms with E-state index in [4.69, 9.17) is 5.11 Å². The minimum atomic E-state index is -4.35. The first-order valence-electron chi connectivity index (χ1n) is 5.98. The lowest BCUT2D eigenvalue weighted by Crippen LogP contribution is -2.40. The maximum absolute atomic E-state index is 13.4. The maximum Gasteiger partial charge on any atom is 0.321 e. The van der Waals surface area contributed by atoms with Gasteiger partial charge in [0.15, 0.2) is 0 Å². The van der Waals surface area contributed by atoms with Gasteiger partial charge in [-0.1, -0.05) is 19.8 Å². The molecular formula is C12H15F2NO4S. The standard InChI is InChI=1S/C12H15F2NO4S/c1-2-3-4-10(12(16)17)15-20(18,19)11-6-5-8(13)7-9(11)14/h5-7,10,15H,2-4H2,1H3,(H,16,17)/t10-/m0/s1. The summed E-state index contributed by atoms with van der Waals surface area (Å²) in [5, 5.41) is 8.94. The van der Waals surface area contributed by atoms with Gasteiger partial charge in [-0.25, -0.2) is 17.2 Å². The molecule has 0 aliphatic carbocycles. The van der Waals surface area contributed by atoms with Crippen molar-refractivity contribution in [1.82, 2.24) is 4.72 Å². The van der Waals surface area contributed by atoms with Gasteiger partial charge >= 0.3 is 5.97 Å². The second-order valence-corrected chi connectivity index (χ2v) is 5.91. The fourth-order valence-electron chi connectivity index (χ4n) is 1.58. The van der Waals surface area contributed by atoms with Gasteiger partial charge in [0.1, 0.15) is 22.6 Å². The van der Waals surface area contributed by atoms with Crippen LogP contribution in [0.1, 0.15) is 26.2 Å². The Kier molecular flexibility index (Phi) is 5.58. The number of carboxylic acid groups (broad SMARTS) is 1. The van der Waals surface area contributed by atoms with Crippen molar-refractivity contribution in [1.29, 1.82) is 0 Å². The van der Waals surface area contributed by atoms with Crippen LogP contribution < -0.4 is 4.72 Å². The molecule has 1 aromatic carbocycles. The number of sulfonamides is 1. The summed E-state index contributed by atoms with van der Waals surface area (Å²) in [6, 6.07) is 0.631. The molecule has 0 aliphatic rings. The molecule has 0 bridgehead atoms. The third-order valence-electron chi connectivity index (χ3n) is 2.63. The van der Waals surface area contributed by atoms with Gasteiger partial charge in [-0.15, -0.1) is 0 Å². The van der Waals surface area contributed by atoms with Gasteiger partial charge in [-0.05, 0) is 18.6 Å². The number of hydrogen-bond donors (Lipinski definition) is 2. The van der Waals surface area contributed by atoms with E-state index < -0.39 is 38.6 Å². The number of carbonyl (C=O) groups is 1. The molecule has 0 heterocycles. The Labute approximate surface area is 115 Å². The highest BCUT2D eigenvalue weighted by Gasteiger charge is 2.27. The molecule has 1 rings (SSSR count). The number of halogens is 2. The van der Waals surface area contributed by atoms with Crippen LogP contribution in [0.25, 0.3) is 0 Å². The normalized spacial score (nSPS) is 13.2. The number of carboxylic acids is 1. The Bertz CT molecular complexity index is 589. The third kappa shape index (κ3) is 4.24. The van der Waals surface area contributed by atoms with Crippen molar-refractivity contribution in [2.24, 2.45) is 0 Å². The smallest absolute Gasteiger partial charge is 0.321 e. The molecule has 0 aliphatic heterocycles. The van der Waals surface area contributed by atoms with E-state index in [2.05, 4.69) is 0 Å². The molecule has 8 heteroatoms. The van der Waals surface area contributed by atoms with Crippen LogP contribution in [0, 0.1) is 11.6 Å². The molecule has 1 aromatic rings. The van der Waals surface area contributed by atoms with E-state index in [0.29, 0.717) is 18.9 Å². The van der Waals surface area contributed by atoms with Crippen molar-refractivity contribution < 1.29 is 27.1 Å². The highest BCUT2D eigenvalue weighted by molar-refractivity contribution is 7.89. The summed E-state index contributed by atoms with van der Waals surface area (Å²) in [5.41, 5.74) is 0. The van der Waals surface area contributed by atoms with E-state index in [9.17, 15) is 22.0 Å². The molecule has 0 radical (unpaired) electrons. The van der Waals surface area contributed by atoms with E-state index in [-0.39, 0.29) is 6.42 Å². The molecule has 0 saturated heterocycles. The van der Waals surface area contributed by atoms with E-state index in [1.165, 1.54) is 0 Å². The summed E-state index contributed by atoms with van der Waals surface area (Å²) < 4.78 is 51.9. The second-order valence-electron chi connectivity index (χ2n) is 4.23. The van der Waals surface area contributed by atoms with Gasteiger partial charge in [-0.3, -0.25) is 4.79 Å². The number of aliphatic carboxylic acids is 1. The highest BCUT2D eigenvalue weighted by atomic mass is 32.2. The Morgan fingerprint density at radius 3 is 2.55 bits per heavy atom. The van der Waals surface area contributed by atoms with Crippen molar-refractivity contribution >= 4 is 16.0 Å². The minimum absolute atomic E-state index is 0.0911. The Morgan fingerprint density at radius 1 is 1.40 bits per heavy atom. The van der Waals surface area contributed by atoms with Crippen LogP contribution >= 0.6 is 0 Å². The van der Waals surface area contributed by atoms with Crippen molar-refractivity contribution in [2.75, 3.05) is 0 Å². The molecule has 0 aromatic heterocycles. The zero-order valence-corrected chi connectivity index (χ0v) is 11.6. The number of unbranched alkanes of at least 4 members (excludes halogenated alkanes) is 1. The van der Waals surface area contributed by atoms with E-state index >= 15 is 0 Å². The summed E-state index contributed by atoms with van der Waals surface area (Å²) in [5.74, 6) is -3.52. The van der Waals surface area contributed by atoms with E-state index in [1.807, 2.05) is 11.6 Å². The Balaban J connectivity index is 3.00. The van der Waals surface area contributed by atoms with E-state index in [1.54, 1.807) is 0 Å². The lowest BCUT2D eigenvalue weighted by Gasteiger charge is -2.14. The fraction of sp³-hybridized carbons (Fsp3) is 0.417. The number of hydrogen-bond acceptors (Lipinski definition) is 3. The van der Waals surface area contributed by atoms with Gasteiger partial charge in [0.25, 0.3) is 0 Å². The minimum Gasteiger partial charge on any atom is -0.480 e. The number of benzene rings is 1.